The third-order valence-electron chi connectivity index (χ3n) is 4.92. The number of aryl methyl sites for hydroxylation is 2. The molecular weight excluding hydrogens is 473 g/mol. The molecule has 32 heavy (non-hydrogen) atoms. The first-order valence-corrected chi connectivity index (χ1v) is 12.4. The first kappa shape index (κ1) is 26.0. The van der Waals surface area contributed by atoms with E-state index in [0.29, 0.717) is 21.3 Å². The lowest BCUT2D eigenvalue weighted by Gasteiger charge is -2.31. The maximum absolute atomic E-state index is 13.3. The second-order valence-electron chi connectivity index (χ2n) is 7.68. The van der Waals surface area contributed by atoms with Crippen molar-refractivity contribution in [3.63, 3.8) is 0 Å². The molecule has 0 spiro atoms. The van der Waals surface area contributed by atoms with Gasteiger partial charge in [-0.3, -0.25) is 13.9 Å². The fraction of sp³-hybridized carbons (Fsp3) is 0.364. The van der Waals surface area contributed by atoms with Gasteiger partial charge in [0.2, 0.25) is 21.8 Å². The molecule has 2 aromatic carbocycles. The maximum Gasteiger partial charge on any atom is 0.244 e. The highest BCUT2D eigenvalue weighted by molar-refractivity contribution is 7.92. The summed E-state index contributed by atoms with van der Waals surface area (Å²) in [6.07, 6.45) is 1.05. The molecule has 174 valence electrons. The number of likely N-dealkylation sites (N-methyl/N-ethyl adjacent to an activating group) is 1. The van der Waals surface area contributed by atoms with E-state index in [9.17, 15) is 18.0 Å². The first-order chi connectivity index (χ1) is 14.8. The molecule has 2 rings (SSSR count). The van der Waals surface area contributed by atoms with Gasteiger partial charge < -0.3 is 10.2 Å². The third-order valence-corrected chi connectivity index (χ3v) is 6.80. The molecule has 2 aromatic rings. The highest BCUT2D eigenvalue weighted by Crippen LogP contribution is 2.25. The van der Waals surface area contributed by atoms with Crippen molar-refractivity contribution in [1.29, 1.82) is 0 Å². The van der Waals surface area contributed by atoms with E-state index in [1.165, 1.54) is 11.9 Å². The second kappa shape index (κ2) is 10.6. The molecule has 1 atom stereocenters. The molecule has 0 aliphatic carbocycles. The molecular formula is C22H27Cl2N3O4S. The lowest BCUT2D eigenvalue weighted by molar-refractivity contribution is -0.139. The summed E-state index contributed by atoms with van der Waals surface area (Å²) in [6, 6.07) is 9.38. The normalized spacial score (nSPS) is 12.2. The summed E-state index contributed by atoms with van der Waals surface area (Å²) in [5.74, 6) is -0.910. The Morgan fingerprint density at radius 1 is 1.03 bits per heavy atom. The average Bonchev–Trinajstić information content (AvgIpc) is 2.69. The minimum Gasteiger partial charge on any atom is -0.357 e. The zero-order valence-corrected chi connectivity index (χ0v) is 21.0. The van der Waals surface area contributed by atoms with Crippen LogP contribution in [0.25, 0.3) is 0 Å². The molecule has 0 saturated carbocycles. The van der Waals surface area contributed by atoms with Gasteiger partial charge >= 0.3 is 0 Å². The van der Waals surface area contributed by atoms with Crippen LogP contribution in [0.3, 0.4) is 0 Å². The SMILES string of the molecule is CNC(=O)C(C)N(Cc1ccc(Cl)c(Cl)c1)C(=O)CN(c1cc(C)cc(C)c1)S(C)(=O)=O. The summed E-state index contributed by atoms with van der Waals surface area (Å²) >= 11 is 12.1. The first-order valence-electron chi connectivity index (χ1n) is 9.84. The Bertz CT molecular complexity index is 1100. The Morgan fingerprint density at radius 2 is 1.62 bits per heavy atom. The third kappa shape index (κ3) is 6.60. The lowest BCUT2D eigenvalue weighted by atomic mass is 10.1. The summed E-state index contributed by atoms with van der Waals surface area (Å²) in [6.45, 7) is 4.88. The molecule has 0 radical (unpaired) electrons. The average molecular weight is 500 g/mol. The summed E-state index contributed by atoms with van der Waals surface area (Å²) in [5, 5.41) is 3.21. The van der Waals surface area contributed by atoms with E-state index >= 15 is 0 Å². The van der Waals surface area contributed by atoms with Crippen molar-refractivity contribution < 1.29 is 18.0 Å². The quantitative estimate of drug-likeness (QED) is 0.601. The van der Waals surface area contributed by atoms with Crippen molar-refractivity contribution in [2.45, 2.75) is 33.4 Å². The van der Waals surface area contributed by atoms with Gasteiger partial charge in [0.25, 0.3) is 0 Å². The molecule has 10 heteroatoms. The van der Waals surface area contributed by atoms with Crippen LogP contribution in [0.4, 0.5) is 5.69 Å². The van der Waals surface area contributed by atoms with E-state index in [4.69, 9.17) is 23.2 Å². The molecule has 0 saturated heterocycles. The highest BCUT2D eigenvalue weighted by atomic mass is 35.5. The van der Waals surface area contributed by atoms with E-state index in [-0.39, 0.29) is 12.5 Å². The predicted molar refractivity (Wildman–Crippen MR) is 129 cm³/mol. The summed E-state index contributed by atoms with van der Waals surface area (Å²) < 4.78 is 26.2. The van der Waals surface area contributed by atoms with Crippen LogP contribution in [0.5, 0.6) is 0 Å². The van der Waals surface area contributed by atoms with Gasteiger partial charge in [-0.05, 0) is 61.7 Å². The summed E-state index contributed by atoms with van der Waals surface area (Å²) in [5.41, 5.74) is 2.78. The van der Waals surface area contributed by atoms with E-state index in [0.717, 1.165) is 21.7 Å². The number of carbonyl (C=O) groups is 2. The van der Waals surface area contributed by atoms with Crippen molar-refractivity contribution in [2.24, 2.45) is 0 Å². The molecule has 0 aromatic heterocycles. The smallest absolute Gasteiger partial charge is 0.244 e. The minimum atomic E-state index is -3.77. The van der Waals surface area contributed by atoms with Crippen molar-refractivity contribution >= 4 is 50.7 Å². The number of rotatable bonds is 8. The zero-order valence-electron chi connectivity index (χ0n) is 18.6. The van der Waals surface area contributed by atoms with Crippen LogP contribution < -0.4 is 9.62 Å². The number of amides is 2. The Balaban J connectivity index is 2.43. The molecule has 0 aliphatic rings. The Labute approximate surface area is 199 Å². The molecule has 0 aliphatic heterocycles. The van der Waals surface area contributed by atoms with Gasteiger partial charge in [0.05, 0.1) is 22.0 Å². The maximum atomic E-state index is 13.3. The van der Waals surface area contributed by atoms with Gasteiger partial charge in [-0.2, -0.15) is 0 Å². The van der Waals surface area contributed by atoms with Gasteiger partial charge in [0.1, 0.15) is 12.6 Å². The second-order valence-corrected chi connectivity index (χ2v) is 10.4. The van der Waals surface area contributed by atoms with Crippen molar-refractivity contribution in [3.05, 3.63) is 63.1 Å². The fourth-order valence-electron chi connectivity index (χ4n) is 3.33. The number of hydrogen-bond donors (Lipinski definition) is 1. The molecule has 1 unspecified atom stereocenters. The van der Waals surface area contributed by atoms with Crippen molar-refractivity contribution in [1.82, 2.24) is 10.2 Å². The lowest BCUT2D eigenvalue weighted by Crippen LogP contribution is -2.50. The van der Waals surface area contributed by atoms with Gasteiger partial charge in [0.15, 0.2) is 0 Å². The Hall–Kier alpha value is -2.29. The van der Waals surface area contributed by atoms with Gasteiger partial charge in [-0.15, -0.1) is 0 Å². The van der Waals surface area contributed by atoms with Crippen LogP contribution in [0.2, 0.25) is 10.0 Å². The van der Waals surface area contributed by atoms with Crippen molar-refractivity contribution in [3.8, 4) is 0 Å². The van der Waals surface area contributed by atoms with Crippen LogP contribution in [0.15, 0.2) is 36.4 Å². The number of benzene rings is 2. The van der Waals surface area contributed by atoms with Crippen LogP contribution in [0.1, 0.15) is 23.6 Å². The largest absolute Gasteiger partial charge is 0.357 e. The zero-order chi connectivity index (χ0) is 24.2. The molecule has 2 amide bonds. The Kier molecular flexibility index (Phi) is 8.56. The minimum absolute atomic E-state index is 0.0504. The van der Waals surface area contributed by atoms with Gasteiger partial charge in [0, 0.05) is 13.6 Å². The fourth-order valence-corrected chi connectivity index (χ4v) is 4.49. The number of nitrogens with one attached hydrogen (secondary N) is 1. The van der Waals surface area contributed by atoms with Crippen LogP contribution in [-0.4, -0.2) is 51.0 Å². The summed E-state index contributed by atoms with van der Waals surface area (Å²) in [4.78, 5) is 27.0. The monoisotopic (exact) mass is 499 g/mol. The summed E-state index contributed by atoms with van der Waals surface area (Å²) in [7, 11) is -2.30. The predicted octanol–water partition coefficient (Wildman–Crippen LogP) is 3.54. The molecule has 0 fully saturated rings. The number of halogens is 2. The highest BCUT2D eigenvalue weighted by Gasteiger charge is 2.30. The number of hydrogen-bond acceptors (Lipinski definition) is 4. The number of nitrogens with zero attached hydrogens (tertiary/aromatic N) is 2. The molecule has 7 nitrogen and oxygen atoms in total. The molecule has 0 heterocycles. The van der Waals surface area contributed by atoms with E-state index in [1.807, 2.05) is 19.9 Å². The molecule has 1 N–H and O–H groups in total. The number of carbonyl (C=O) groups excluding carboxylic acids is 2. The number of sulfonamides is 1. The number of anilines is 1. The van der Waals surface area contributed by atoms with Gasteiger partial charge in [-0.25, -0.2) is 8.42 Å². The van der Waals surface area contributed by atoms with E-state index in [2.05, 4.69) is 5.32 Å². The Morgan fingerprint density at radius 3 is 2.12 bits per heavy atom. The standard InChI is InChI=1S/C22H27Cl2N3O4S/c1-14-8-15(2)10-18(9-14)27(32(5,30)31)13-21(28)26(16(3)22(29)25-4)12-17-6-7-19(23)20(24)11-17/h6-11,16H,12-13H2,1-5H3,(H,25,29). The van der Waals surface area contributed by atoms with Crippen molar-refractivity contribution in [2.75, 3.05) is 24.2 Å². The van der Waals surface area contributed by atoms with Crippen LogP contribution in [0, 0.1) is 13.8 Å². The van der Waals surface area contributed by atoms with Gasteiger partial charge in [-0.1, -0.05) is 35.3 Å². The molecule has 0 bridgehead atoms. The topological polar surface area (TPSA) is 86.8 Å². The van der Waals surface area contributed by atoms with E-state index in [1.54, 1.807) is 37.3 Å². The van der Waals surface area contributed by atoms with Crippen LogP contribution in [-0.2, 0) is 26.2 Å². The van der Waals surface area contributed by atoms with E-state index < -0.39 is 28.5 Å². The van der Waals surface area contributed by atoms with Crippen LogP contribution >= 0.6 is 23.2 Å².